The summed E-state index contributed by atoms with van der Waals surface area (Å²) >= 11 is 0. The third-order valence-corrected chi connectivity index (χ3v) is 10.6. The fourth-order valence-electron chi connectivity index (χ4n) is 6.58. The Labute approximate surface area is 401 Å². The summed E-state index contributed by atoms with van der Waals surface area (Å²) in [6.45, 7) is 13.7. The summed E-state index contributed by atoms with van der Waals surface area (Å²) < 4.78 is 44.0. The molecule has 0 N–H and O–H groups in total. The summed E-state index contributed by atoms with van der Waals surface area (Å²) in [4.78, 5) is 74.2. The Bertz CT molecular complexity index is 2560. The molecule has 0 spiro atoms. The van der Waals surface area contributed by atoms with Crippen LogP contribution in [-0.2, 0) is 19.1 Å². The summed E-state index contributed by atoms with van der Waals surface area (Å²) in [5.41, 5.74) is 2.81. The minimum Gasteiger partial charge on any atom is -0.494 e. The smallest absolute Gasteiger partial charge is 0.343 e. The molecule has 14 heteroatoms. The highest BCUT2D eigenvalue weighted by Gasteiger charge is 2.20. The number of esters is 6. The van der Waals surface area contributed by atoms with Gasteiger partial charge in [-0.15, -0.1) is 0 Å². The van der Waals surface area contributed by atoms with Crippen molar-refractivity contribution < 1.29 is 66.7 Å². The molecule has 0 aliphatic rings. The summed E-state index contributed by atoms with van der Waals surface area (Å²) in [6, 6.07) is 26.8. The monoisotopic (exact) mass is 940 g/mol. The molecular formula is C55H56O14. The first-order valence-electron chi connectivity index (χ1n) is 22.6. The van der Waals surface area contributed by atoms with Gasteiger partial charge in [0.05, 0.1) is 48.7 Å². The normalized spacial score (nSPS) is 10.5. The lowest BCUT2D eigenvalue weighted by Crippen LogP contribution is -2.13. The van der Waals surface area contributed by atoms with Gasteiger partial charge in [-0.05, 0) is 192 Å². The van der Waals surface area contributed by atoms with Gasteiger partial charge >= 0.3 is 35.8 Å². The van der Waals surface area contributed by atoms with Crippen molar-refractivity contribution in [1.29, 1.82) is 0 Å². The SMILES string of the molecule is C=CC(=O)OCCCCCCOc1ccc(C(=O)Oc2ccc(C(=O)Oc3cc(C)c(OC(=O)c4ccc(OC(=O)c5ccc(OCCCCCCOC(=O)C=C)cc5)cc4)c(C)c3C)cc2)cc1. The van der Waals surface area contributed by atoms with E-state index in [1.54, 1.807) is 75.4 Å². The Balaban J connectivity index is 1.04. The molecule has 0 bridgehead atoms. The molecule has 0 fully saturated rings. The lowest BCUT2D eigenvalue weighted by atomic mass is 10.0. The van der Waals surface area contributed by atoms with Crippen molar-refractivity contribution in [2.24, 2.45) is 0 Å². The summed E-state index contributed by atoms with van der Waals surface area (Å²) in [5, 5.41) is 0. The van der Waals surface area contributed by atoms with Crippen LogP contribution in [0.3, 0.4) is 0 Å². The number of aryl methyl sites for hydroxylation is 1. The topological polar surface area (TPSA) is 176 Å². The molecule has 5 aromatic carbocycles. The highest BCUT2D eigenvalue weighted by Crippen LogP contribution is 2.34. The lowest BCUT2D eigenvalue weighted by molar-refractivity contribution is -0.138. The van der Waals surface area contributed by atoms with Crippen LogP contribution in [0.1, 0.15) is 109 Å². The van der Waals surface area contributed by atoms with E-state index in [1.807, 2.05) is 0 Å². The quantitative estimate of drug-likeness (QED) is 0.0221. The average molecular weight is 941 g/mol. The van der Waals surface area contributed by atoms with Gasteiger partial charge in [0.15, 0.2) is 0 Å². The Morgan fingerprint density at radius 1 is 0.406 bits per heavy atom. The predicted molar refractivity (Wildman–Crippen MR) is 256 cm³/mol. The van der Waals surface area contributed by atoms with E-state index in [0.717, 1.165) is 63.5 Å². The lowest BCUT2D eigenvalue weighted by Gasteiger charge is -2.16. The van der Waals surface area contributed by atoms with Gasteiger partial charge in [0.1, 0.15) is 34.5 Å². The maximum atomic E-state index is 13.2. The van der Waals surface area contributed by atoms with Crippen LogP contribution in [0.15, 0.2) is 128 Å². The molecule has 5 rings (SSSR count). The molecule has 5 aromatic rings. The van der Waals surface area contributed by atoms with Gasteiger partial charge in [-0.25, -0.2) is 28.8 Å². The number of carbonyl (C=O) groups is 6. The molecule has 14 nitrogen and oxygen atoms in total. The van der Waals surface area contributed by atoms with Crippen molar-refractivity contribution in [2.75, 3.05) is 26.4 Å². The molecule has 0 amide bonds. The van der Waals surface area contributed by atoms with Crippen molar-refractivity contribution in [3.05, 3.63) is 167 Å². The molecule has 69 heavy (non-hydrogen) atoms. The summed E-state index contributed by atoms with van der Waals surface area (Å²) in [5.74, 6) is -0.989. The van der Waals surface area contributed by atoms with Crippen LogP contribution in [0.4, 0.5) is 0 Å². The van der Waals surface area contributed by atoms with E-state index in [2.05, 4.69) is 13.2 Å². The van der Waals surface area contributed by atoms with Crippen molar-refractivity contribution >= 4 is 35.8 Å². The molecule has 0 atom stereocenters. The van der Waals surface area contributed by atoms with Crippen molar-refractivity contribution in [3.63, 3.8) is 0 Å². The maximum Gasteiger partial charge on any atom is 0.343 e. The fraction of sp³-hybridized carbons (Fsp3) is 0.273. The van der Waals surface area contributed by atoms with Crippen LogP contribution in [-0.4, -0.2) is 62.2 Å². The largest absolute Gasteiger partial charge is 0.494 e. The van der Waals surface area contributed by atoms with Crippen molar-refractivity contribution in [1.82, 2.24) is 0 Å². The number of rotatable bonds is 26. The number of hydrogen-bond acceptors (Lipinski definition) is 14. The standard InChI is InChI=1S/C55H56O14/c1-6-49(56)64-34-14-10-8-12-32-62-44-24-16-40(17-25-44)52(58)66-46-28-20-42(21-29-46)54(60)68-48-36-37(3)51(39(5)38(48)4)69-55(61)43-22-30-47(31-23-43)67-53(59)41-18-26-45(27-19-41)63-33-13-9-11-15-35-65-50(57)7-2/h6-7,16-31,36H,1-2,8-15,32-35H2,3-5H3. The molecule has 0 aliphatic carbocycles. The third kappa shape index (κ3) is 16.7. The number of ether oxygens (including phenoxy) is 8. The Hall–Kier alpha value is -8.00. The van der Waals surface area contributed by atoms with Crippen LogP contribution < -0.4 is 28.4 Å². The Morgan fingerprint density at radius 3 is 1.12 bits per heavy atom. The highest BCUT2D eigenvalue weighted by molar-refractivity contribution is 5.94. The Kier molecular flexibility index (Phi) is 20.3. The maximum absolute atomic E-state index is 13.2. The van der Waals surface area contributed by atoms with E-state index < -0.39 is 35.8 Å². The Morgan fingerprint density at radius 2 is 0.739 bits per heavy atom. The van der Waals surface area contributed by atoms with Crippen LogP contribution in [0, 0.1) is 20.8 Å². The average Bonchev–Trinajstić information content (AvgIpc) is 3.36. The van der Waals surface area contributed by atoms with Crippen LogP contribution in [0.2, 0.25) is 0 Å². The second-order valence-electron chi connectivity index (χ2n) is 15.7. The van der Waals surface area contributed by atoms with E-state index in [4.69, 9.17) is 37.9 Å². The molecule has 0 heterocycles. The second-order valence-corrected chi connectivity index (χ2v) is 15.7. The molecule has 0 aromatic heterocycles. The van der Waals surface area contributed by atoms with Crippen molar-refractivity contribution in [3.8, 4) is 34.5 Å². The van der Waals surface area contributed by atoms with E-state index in [1.165, 1.54) is 48.5 Å². The summed E-state index contributed by atoms with van der Waals surface area (Å²) in [6.07, 6.45) is 9.12. The molecule has 0 unspecified atom stereocenters. The number of benzene rings is 5. The number of hydrogen-bond donors (Lipinski definition) is 0. The molecule has 0 radical (unpaired) electrons. The zero-order valence-corrected chi connectivity index (χ0v) is 39.1. The van der Waals surface area contributed by atoms with E-state index in [9.17, 15) is 28.8 Å². The van der Waals surface area contributed by atoms with Gasteiger partial charge in [-0.1, -0.05) is 13.2 Å². The molecule has 0 saturated heterocycles. The first-order chi connectivity index (χ1) is 33.3. The second kappa shape index (κ2) is 27.0. The predicted octanol–water partition coefficient (Wildman–Crippen LogP) is 10.8. The van der Waals surface area contributed by atoms with E-state index in [-0.39, 0.29) is 28.4 Å². The van der Waals surface area contributed by atoms with Crippen molar-refractivity contribution in [2.45, 2.75) is 72.1 Å². The van der Waals surface area contributed by atoms with Gasteiger partial charge in [-0.2, -0.15) is 0 Å². The van der Waals surface area contributed by atoms with Gasteiger partial charge in [0.2, 0.25) is 0 Å². The van der Waals surface area contributed by atoms with Crippen LogP contribution in [0.5, 0.6) is 34.5 Å². The van der Waals surface area contributed by atoms with E-state index in [0.29, 0.717) is 71.5 Å². The molecular weight excluding hydrogens is 885 g/mol. The fourth-order valence-corrected chi connectivity index (χ4v) is 6.58. The molecule has 360 valence electrons. The zero-order valence-electron chi connectivity index (χ0n) is 39.1. The molecule has 0 aliphatic heterocycles. The summed E-state index contributed by atoms with van der Waals surface area (Å²) in [7, 11) is 0. The van der Waals surface area contributed by atoms with Crippen LogP contribution >= 0.6 is 0 Å². The van der Waals surface area contributed by atoms with Crippen LogP contribution in [0.25, 0.3) is 0 Å². The highest BCUT2D eigenvalue weighted by atomic mass is 16.6. The van der Waals surface area contributed by atoms with Gasteiger partial charge < -0.3 is 37.9 Å². The van der Waals surface area contributed by atoms with E-state index >= 15 is 0 Å². The molecule has 0 saturated carbocycles. The number of carbonyl (C=O) groups excluding carboxylic acids is 6. The zero-order chi connectivity index (χ0) is 49.5. The van der Waals surface area contributed by atoms with Gasteiger partial charge in [0, 0.05) is 12.2 Å². The first-order valence-corrected chi connectivity index (χ1v) is 22.6. The minimum atomic E-state index is -0.641. The minimum absolute atomic E-state index is 0.219. The third-order valence-electron chi connectivity index (χ3n) is 10.6. The van der Waals surface area contributed by atoms with Gasteiger partial charge in [-0.3, -0.25) is 0 Å². The first kappa shape index (κ1) is 52.0. The van der Waals surface area contributed by atoms with Gasteiger partial charge in [0.25, 0.3) is 0 Å². The number of unbranched alkanes of at least 4 members (excludes halogenated alkanes) is 6.